The molecule has 0 aliphatic heterocycles. The van der Waals surface area contributed by atoms with Crippen LogP contribution in [0.1, 0.15) is 0 Å². The standard InChI is InChI=1S/C58H40N2S/c1-4-17-41(18-5-1)55-38-46-19-10-11-20-47(46)39-56(55)60(52-33-34-54-53-31-12-13-32-57(53)61-58(54)40-52)51-30-16-24-45(37-51)43-22-14-21-42(35-43)44-23-15-29-50(36-44)59(48-25-6-2-7-26-48)49-27-8-3-9-28-49/h1-40H. The van der Waals surface area contributed by atoms with E-state index in [4.69, 9.17) is 0 Å². The van der Waals surface area contributed by atoms with Crippen molar-refractivity contribution in [1.82, 2.24) is 0 Å². The minimum atomic E-state index is 1.10. The highest BCUT2D eigenvalue weighted by Gasteiger charge is 2.21. The molecule has 0 saturated heterocycles. The first-order chi connectivity index (χ1) is 30.2. The fourth-order valence-corrected chi connectivity index (χ4v) is 9.81. The third-order valence-electron chi connectivity index (χ3n) is 11.6. The van der Waals surface area contributed by atoms with E-state index in [0.717, 1.165) is 50.8 Å². The molecule has 0 amide bonds. The van der Waals surface area contributed by atoms with Gasteiger partial charge in [-0.2, -0.15) is 0 Å². The Bertz CT molecular complexity index is 3280. The molecule has 3 heteroatoms. The molecule has 1 heterocycles. The number of benzene rings is 10. The first-order valence-corrected chi connectivity index (χ1v) is 21.6. The van der Waals surface area contributed by atoms with Crippen LogP contribution in [0.2, 0.25) is 0 Å². The zero-order valence-corrected chi connectivity index (χ0v) is 34.2. The molecule has 0 bridgehead atoms. The molecular formula is C58H40N2S. The molecule has 11 rings (SSSR count). The van der Waals surface area contributed by atoms with Gasteiger partial charge in [-0.1, -0.05) is 158 Å². The Morgan fingerprint density at radius 1 is 0.262 bits per heavy atom. The number of rotatable bonds is 9. The summed E-state index contributed by atoms with van der Waals surface area (Å²) in [4.78, 5) is 4.77. The number of thiophene rings is 1. The van der Waals surface area contributed by atoms with Crippen molar-refractivity contribution < 1.29 is 0 Å². The topological polar surface area (TPSA) is 6.48 Å². The smallest absolute Gasteiger partial charge is 0.0546 e. The Kier molecular flexibility index (Phi) is 9.42. The molecule has 0 aliphatic rings. The zero-order chi connectivity index (χ0) is 40.5. The highest BCUT2D eigenvalue weighted by molar-refractivity contribution is 7.25. The van der Waals surface area contributed by atoms with Crippen LogP contribution in [0, 0.1) is 0 Å². The lowest BCUT2D eigenvalue weighted by Crippen LogP contribution is -2.11. The van der Waals surface area contributed by atoms with E-state index < -0.39 is 0 Å². The van der Waals surface area contributed by atoms with Gasteiger partial charge < -0.3 is 9.80 Å². The van der Waals surface area contributed by atoms with Crippen LogP contribution in [0.25, 0.3) is 64.3 Å². The van der Waals surface area contributed by atoms with Gasteiger partial charge in [-0.15, -0.1) is 11.3 Å². The SMILES string of the molecule is c1ccc(-c2cc3ccccc3cc2N(c2cccc(-c3cccc(-c4cccc(N(c5ccccc5)c5ccccc5)c4)c3)c2)c2ccc3c(c2)sc2ccccc23)cc1. The Morgan fingerprint density at radius 3 is 1.38 bits per heavy atom. The molecule has 0 aliphatic carbocycles. The van der Waals surface area contributed by atoms with Crippen LogP contribution < -0.4 is 9.80 Å². The molecule has 10 aromatic carbocycles. The molecular weight excluding hydrogens is 757 g/mol. The van der Waals surface area contributed by atoms with Crippen LogP contribution >= 0.6 is 11.3 Å². The maximum atomic E-state index is 2.46. The summed E-state index contributed by atoms with van der Waals surface area (Å²) in [7, 11) is 0. The minimum Gasteiger partial charge on any atom is -0.310 e. The number of anilines is 6. The second-order valence-electron chi connectivity index (χ2n) is 15.4. The first kappa shape index (κ1) is 36.4. The second kappa shape index (κ2) is 15.8. The van der Waals surface area contributed by atoms with Gasteiger partial charge in [-0.3, -0.25) is 0 Å². The fraction of sp³-hybridized carbons (Fsp3) is 0. The van der Waals surface area contributed by atoms with Gasteiger partial charge >= 0.3 is 0 Å². The van der Waals surface area contributed by atoms with Crippen LogP contribution in [0.5, 0.6) is 0 Å². The summed E-state index contributed by atoms with van der Waals surface area (Å²) in [5.41, 5.74) is 13.7. The Balaban J connectivity index is 1.04. The number of hydrogen-bond donors (Lipinski definition) is 0. The monoisotopic (exact) mass is 796 g/mol. The molecule has 0 radical (unpaired) electrons. The summed E-state index contributed by atoms with van der Waals surface area (Å²) in [6.45, 7) is 0. The van der Waals surface area contributed by atoms with Gasteiger partial charge in [0.15, 0.2) is 0 Å². The maximum Gasteiger partial charge on any atom is 0.0546 e. The largest absolute Gasteiger partial charge is 0.310 e. The Labute approximate surface area is 360 Å². The summed E-state index contributed by atoms with van der Waals surface area (Å²) in [6, 6.07) is 87.9. The number of nitrogens with zero attached hydrogens (tertiary/aromatic N) is 2. The highest BCUT2D eigenvalue weighted by atomic mass is 32.1. The van der Waals surface area contributed by atoms with E-state index in [-0.39, 0.29) is 0 Å². The molecule has 11 aromatic rings. The average Bonchev–Trinajstić information content (AvgIpc) is 3.71. The lowest BCUT2D eigenvalue weighted by Gasteiger charge is -2.29. The van der Waals surface area contributed by atoms with Crippen molar-refractivity contribution in [2.75, 3.05) is 9.80 Å². The van der Waals surface area contributed by atoms with Gasteiger partial charge in [0.25, 0.3) is 0 Å². The van der Waals surface area contributed by atoms with Crippen molar-refractivity contribution in [3.63, 3.8) is 0 Å². The zero-order valence-electron chi connectivity index (χ0n) is 33.4. The molecule has 0 saturated carbocycles. The predicted octanol–water partition coefficient (Wildman–Crippen LogP) is 17.1. The normalized spacial score (nSPS) is 11.3. The molecule has 0 fully saturated rings. The van der Waals surface area contributed by atoms with Gasteiger partial charge in [0.2, 0.25) is 0 Å². The molecule has 0 N–H and O–H groups in total. The predicted molar refractivity (Wildman–Crippen MR) is 263 cm³/mol. The van der Waals surface area contributed by atoms with Crippen molar-refractivity contribution in [1.29, 1.82) is 0 Å². The third kappa shape index (κ3) is 7.01. The fourth-order valence-electron chi connectivity index (χ4n) is 8.67. The summed E-state index contributed by atoms with van der Waals surface area (Å²) in [5, 5.41) is 5.01. The van der Waals surface area contributed by atoms with Gasteiger partial charge in [0, 0.05) is 54.2 Å². The van der Waals surface area contributed by atoms with Crippen LogP contribution in [0.15, 0.2) is 243 Å². The molecule has 0 spiro atoms. The van der Waals surface area contributed by atoms with E-state index in [0.29, 0.717) is 0 Å². The van der Waals surface area contributed by atoms with E-state index >= 15 is 0 Å². The Morgan fingerprint density at radius 2 is 0.721 bits per heavy atom. The molecule has 0 atom stereocenters. The summed E-state index contributed by atoms with van der Waals surface area (Å²) < 4.78 is 2.58. The van der Waals surface area contributed by atoms with Gasteiger partial charge in [0.1, 0.15) is 0 Å². The third-order valence-corrected chi connectivity index (χ3v) is 12.7. The number of hydrogen-bond acceptors (Lipinski definition) is 3. The number of para-hydroxylation sites is 2. The van der Waals surface area contributed by atoms with Crippen LogP contribution in [-0.2, 0) is 0 Å². The van der Waals surface area contributed by atoms with Gasteiger partial charge in [-0.05, 0) is 124 Å². The van der Waals surface area contributed by atoms with Crippen molar-refractivity contribution in [2.45, 2.75) is 0 Å². The summed E-state index contributed by atoms with van der Waals surface area (Å²) in [5.74, 6) is 0. The van der Waals surface area contributed by atoms with E-state index in [9.17, 15) is 0 Å². The van der Waals surface area contributed by atoms with Gasteiger partial charge in [-0.25, -0.2) is 0 Å². The quantitative estimate of drug-likeness (QED) is 0.144. The van der Waals surface area contributed by atoms with E-state index in [2.05, 4.69) is 252 Å². The van der Waals surface area contributed by atoms with Gasteiger partial charge in [0.05, 0.1) is 5.69 Å². The van der Waals surface area contributed by atoms with Crippen molar-refractivity contribution in [3.8, 4) is 33.4 Å². The van der Waals surface area contributed by atoms with Crippen LogP contribution in [0.4, 0.5) is 34.1 Å². The van der Waals surface area contributed by atoms with Crippen molar-refractivity contribution in [3.05, 3.63) is 243 Å². The second-order valence-corrected chi connectivity index (χ2v) is 16.5. The highest BCUT2D eigenvalue weighted by Crippen LogP contribution is 2.46. The van der Waals surface area contributed by atoms with E-state index in [1.807, 2.05) is 11.3 Å². The van der Waals surface area contributed by atoms with Crippen LogP contribution in [-0.4, -0.2) is 0 Å². The summed E-state index contributed by atoms with van der Waals surface area (Å²) >= 11 is 1.86. The summed E-state index contributed by atoms with van der Waals surface area (Å²) in [6.07, 6.45) is 0. The molecule has 61 heavy (non-hydrogen) atoms. The van der Waals surface area contributed by atoms with E-state index in [1.54, 1.807) is 0 Å². The minimum absolute atomic E-state index is 1.10. The molecule has 0 unspecified atom stereocenters. The molecule has 288 valence electrons. The van der Waals surface area contributed by atoms with Crippen LogP contribution in [0.3, 0.4) is 0 Å². The lowest BCUT2D eigenvalue weighted by molar-refractivity contribution is 1.28. The average molecular weight is 797 g/mol. The molecule has 1 aromatic heterocycles. The Hall–Kier alpha value is -7.72. The maximum absolute atomic E-state index is 2.46. The number of fused-ring (bicyclic) bond motifs is 4. The first-order valence-electron chi connectivity index (χ1n) is 20.7. The van der Waals surface area contributed by atoms with E-state index in [1.165, 1.54) is 47.6 Å². The van der Waals surface area contributed by atoms with Crippen molar-refractivity contribution in [2.24, 2.45) is 0 Å². The molecule has 2 nitrogen and oxygen atoms in total. The van der Waals surface area contributed by atoms with Crippen molar-refractivity contribution >= 4 is 76.4 Å². The lowest BCUT2D eigenvalue weighted by atomic mass is 9.96.